The van der Waals surface area contributed by atoms with Gasteiger partial charge in [0.1, 0.15) is 0 Å². The minimum absolute atomic E-state index is 0.0495. The standard InChI is InChI=1S/C13H17NO2/c1-9-4-3-5-11(10(9)2)7-14-8-12(15)6-13(14)16/h3-5,12,15H,6-8H2,1-2H3. The summed E-state index contributed by atoms with van der Waals surface area (Å²) in [5.74, 6) is 0.0495. The molecule has 1 aromatic rings. The number of likely N-dealkylation sites (tertiary alicyclic amines) is 1. The van der Waals surface area contributed by atoms with E-state index in [0.717, 1.165) is 0 Å². The van der Waals surface area contributed by atoms with Gasteiger partial charge >= 0.3 is 0 Å². The summed E-state index contributed by atoms with van der Waals surface area (Å²) in [6.45, 7) is 5.22. The van der Waals surface area contributed by atoms with Crippen LogP contribution in [0, 0.1) is 13.8 Å². The molecule has 1 unspecified atom stereocenters. The summed E-state index contributed by atoms with van der Waals surface area (Å²) in [4.78, 5) is 13.3. The van der Waals surface area contributed by atoms with Crippen LogP contribution >= 0.6 is 0 Å². The highest BCUT2D eigenvalue weighted by molar-refractivity contribution is 5.79. The molecule has 1 amide bonds. The normalized spacial score (nSPS) is 20.6. The first-order valence-corrected chi connectivity index (χ1v) is 5.59. The third-order valence-corrected chi connectivity index (χ3v) is 3.27. The van der Waals surface area contributed by atoms with Gasteiger partial charge in [0, 0.05) is 13.1 Å². The van der Waals surface area contributed by atoms with Crippen LogP contribution in [0.15, 0.2) is 18.2 Å². The van der Waals surface area contributed by atoms with Crippen LogP contribution in [-0.2, 0) is 11.3 Å². The van der Waals surface area contributed by atoms with Crippen LogP contribution in [-0.4, -0.2) is 28.6 Å². The molecule has 0 saturated carbocycles. The van der Waals surface area contributed by atoms with Crippen molar-refractivity contribution in [3.05, 3.63) is 34.9 Å². The van der Waals surface area contributed by atoms with Gasteiger partial charge in [0.15, 0.2) is 0 Å². The molecule has 1 fully saturated rings. The third kappa shape index (κ3) is 2.09. The molecular weight excluding hydrogens is 202 g/mol. The van der Waals surface area contributed by atoms with Gasteiger partial charge in [-0.2, -0.15) is 0 Å². The van der Waals surface area contributed by atoms with Gasteiger partial charge in [-0.25, -0.2) is 0 Å². The molecule has 16 heavy (non-hydrogen) atoms. The molecule has 1 atom stereocenters. The van der Waals surface area contributed by atoms with E-state index in [2.05, 4.69) is 19.9 Å². The summed E-state index contributed by atoms with van der Waals surface area (Å²) < 4.78 is 0. The third-order valence-electron chi connectivity index (χ3n) is 3.27. The minimum atomic E-state index is -0.488. The van der Waals surface area contributed by atoms with Crippen molar-refractivity contribution in [3.8, 4) is 0 Å². The number of hydrogen-bond donors (Lipinski definition) is 1. The number of nitrogens with zero attached hydrogens (tertiary/aromatic N) is 1. The van der Waals surface area contributed by atoms with Gasteiger partial charge in [-0.15, -0.1) is 0 Å². The molecule has 3 nitrogen and oxygen atoms in total. The van der Waals surface area contributed by atoms with Crippen molar-refractivity contribution in [2.75, 3.05) is 6.54 Å². The van der Waals surface area contributed by atoms with E-state index in [1.165, 1.54) is 16.7 Å². The number of rotatable bonds is 2. The Morgan fingerprint density at radius 2 is 2.19 bits per heavy atom. The highest BCUT2D eigenvalue weighted by Gasteiger charge is 2.27. The number of aliphatic hydroxyl groups excluding tert-OH is 1. The van der Waals surface area contributed by atoms with Crippen molar-refractivity contribution in [1.29, 1.82) is 0 Å². The van der Waals surface area contributed by atoms with Crippen molar-refractivity contribution in [2.24, 2.45) is 0 Å². The average molecular weight is 219 g/mol. The predicted molar refractivity (Wildman–Crippen MR) is 62.0 cm³/mol. The lowest BCUT2D eigenvalue weighted by molar-refractivity contribution is -0.128. The SMILES string of the molecule is Cc1cccc(CN2CC(O)CC2=O)c1C. The smallest absolute Gasteiger partial charge is 0.225 e. The fraction of sp³-hybridized carbons (Fsp3) is 0.462. The Balaban J connectivity index is 2.15. The van der Waals surface area contributed by atoms with Crippen LogP contribution in [0.5, 0.6) is 0 Å². The number of carbonyl (C=O) groups is 1. The largest absolute Gasteiger partial charge is 0.391 e. The molecule has 0 aromatic heterocycles. The van der Waals surface area contributed by atoms with E-state index in [4.69, 9.17) is 0 Å². The van der Waals surface area contributed by atoms with Gasteiger partial charge < -0.3 is 10.0 Å². The van der Waals surface area contributed by atoms with E-state index in [9.17, 15) is 9.90 Å². The molecule has 0 aliphatic carbocycles. The van der Waals surface area contributed by atoms with Crippen molar-refractivity contribution < 1.29 is 9.90 Å². The Bertz CT molecular complexity index is 414. The van der Waals surface area contributed by atoms with Crippen LogP contribution in [0.1, 0.15) is 23.1 Å². The van der Waals surface area contributed by atoms with Crippen LogP contribution in [0.3, 0.4) is 0 Å². The first-order valence-electron chi connectivity index (χ1n) is 5.59. The highest BCUT2D eigenvalue weighted by Crippen LogP contribution is 2.19. The quantitative estimate of drug-likeness (QED) is 0.816. The van der Waals surface area contributed by atoms with Crippen molar-refractivity contribution in [1.82, 2.24) is 4.90 Å². The molecule has 0 radical (unpaired) electrons. The Morgan fingerprint density at radius 1 is 1.44 bits per heavy atom. The van der Waals surface area contributed by atoms with Gasteiger partial charge in [0.25, 0.3) is 0 Å². The fourth-order valence-corrected chi connectivity index (χ4v) is 2.09. The zero-order chi connectivity index (χ0) is 11.7. The highest BCUT2D eigenvalue weighted by atomic mass is 16.3. The van der Waals surface area contributed by atoms with Crippen LogP contribution < -0.4 is 0 Å². The first-order chi connectivity index (χ1) is 7.58. The van der Waals surface area contributed by atoms with Crippen LogP contribution in [0.2, 0.25) is 0 Å². The van der Waals surface area contributed by atoms with Gasteiger partial charge in [-0.1, -0.05) is 18.2 Å². The second-order valence-corrected chi connectivity index (χ2v) is 4.49. The zero-order valence-electron chi connectivity index (χ0n) is 9.73. The summed E-state index contributed by atoms with van der Waals surface area (Å²) in [7, 11) is 0. The Hall–Kier alpha value is -1.35. The number of carbonyl (C=O) groups excluding carboxylic acids is 1. The minimum Gasteiger partial charge on any atom is -0.391 e. The molecule has 1 N–H and O–H groups in total. The van der Waals surface area contributed by atoms with E-state index in [1.54, 1.807) is 4.90 Å². The molecular formula is C13H17NO2. The van der Waals surface area contributed by atoms with E-state index >= 15 is 0 Å². The van der Waals surface area contributed by atoms with Crippen molar-refractivity contribution >= 4 is 5.91 Å². The lowest BCUT2D eigenvalue weighted by Crippen LogP contribution is -2.25. The second-order valence-electron chi connectivity index (χ2n) is 4.49. The van der Waals surface area contributed by atoms with E-state index in [1.807, 2.05) is 12.1 Å². The Morgan fingerprint density at radius 3 is 2.81 bits per heavy atom. The van der Waals surface area contributed by atoms with E-state index in [0.29, 0.717) is 13.1 Å². The number of benzene rings is 1. The fourth-order valence-electron chi connectivity index (χ4n) is 2.09. The number of aliphatic hydroxyl groups is 1. The average Bonchev–Trinajstić information content (AvgIpc) is 2.53. The molecule has 1 heterocycles. The lowest BCUT2D eigenvalue weighted by Gasteiger charge is -2.18. The number of amides is 1. The zero-order valence-corrected chi connectivity index (χ0v) is 9.73. The van der Waals surface area contributed by atoms with Gasteiger partial charge in [0.2, 0.25) is 5.91 Å². The van der Waals surface area contributed by atoms with Crippen molar-refractivity contribution in [2.45, 2.75) is 32.9 Å². The number of hydrogen-bond acceptors (Lipinski definition) is 2. The van der Waals surface area contributed by atoms with Crippen LogP contribution in [0.25, 0.3) is 0 Å². The van der Waals surface area contributed by atoms with Gasteiger partial charge in [-0.05, 0) is 30.5 Å². The first kappa shape index (κ1) is 11.1. The molecule has 2 rings (SSSR count). The molecule has 1 aliphatic rings. The maximum absolute atomic E-state index is 11.6. The van der Waals surface area contributed by atoms with Crippen LogP contribution in [0.4, 0.5) is 0 Å². The number of aryl methyl sites for hydroxylation is 1. The van der Waals surface area contributed by atoms with Gasteiger partial charge in [-0.3, -0.25) is 4.79 Å². The molecule has 86 valence electrons. The molecule has 3 heteroatoms. The van der Waals surface area contributed by atoms with Crippen molar-refractivity contribution in [3.63, 3.8) is 0 Å². The maximum atomic E-state index is 11.6. The van der Waals surface area contributed by atoms with E-state index < -0.39 is 6.10 Å². The summed E-state index contributed by atoms with van der Waals surface area (Å²) in [6.07, 6.45) is -0.220. The summed E-state index contributed by atoms with van der Waals surface area (Å²) >= 11 is 0. The second kappa shape index (κ2) is 4.26. The molecule has 1 saturated heterocycles. The maximum Gasteiger partial charge on any atom is 0.225 e. The number of β-amino-alcohol motifs (C(OH)–C–C–N with tert-alkyl or cyclic N) is 1. The molecule has 0 bridgehead atoms. The monoisotopic (exact) mass is 219 g/mol. The molecule has 1 aliphatic heterocycles. The predicted octanol–water partition coefficient (Wildman–Crippen LogP) is 1.40. The lowest BCUT2D eigenvalue weighted by atomic mass is 10.0. The summed E-state index contributed by atoms with van der Waals surface area (Å²) in [5.41, 5.74) is 3.64. The Labute approximate surface area is 95.7 Å². The summed E-state index contributed by atoms with van der Waals surface area (Å²) in [6, 6.07) is 6.12. The Kier molecular flexibility index (Phi) is 2.97. The topological polar surface area (TPSA) is 40.5 Å². The molecule has 1 aromatic carbocycles. The van der Waals surface area contributed by atoms with Gasteiger partial charge in [0.05, 0.1) is 12.5 Å². The summed E-state index contributed by atoms with van der Waals surface area (Å²) in [5, 5.41) is 9.41. The molecule has 0 spiro atoms. The van der Waals surface area contributed by atoms with E-state index in [-0.39, 0.29) is 12.3 Å².